The van der Waals surface area contributed by atoms with E-state index >= 15 is 0 Å². The van der Waals surface area contributed by atoms with Crippen LogP contribution in [-0.2, 0) is 6.54 Å². The van der Waals surface area contributed by atoms with Crippen LogP contribution in [0.15, 0.2) is 47.5 Å². The van der Waals surface area contributed by atoms with Crippen molar-refractivity contribution in [2.24, 2.45) is 0 Å². The number of hydrogen-bond acceptors (Lipinski definition) is 3. The molecule has 3 rings (SSSR count). The van der Waals surface area contributed by atoms with E-state index in [1.165, 1.54) is 0 Å². The molecular weight excluding hydrogens is 318 g/mol. The second-order valence-electron chi connectivity index (χ2n) is 4.89. The minimum absolute atomic E-state index is 0.0457. The molecule has 0 atom stereocenters. The van der Waals surface area contributed by atoms with Crippen LogP contribution in [0.5, 0.6) is 0 Å². The van der Waals surface area contributed by atoms with E-state index in [0.717, 1.165) is 23.0 Å². The monoisotopic (exact) mass is 331 g/mol. The Morgan fingerprint density at radius 3 is 2.60 bits per heavy atom. The quantitative estimate of drug-likeness (QED) is 0.809. The van der Waals surface area contributed by atoms with Crippen molar-refractivity contribution in [2.75, 3.05) is 0 Å². The van der Waals surface area contributed by atoms with Crippen molar-refractivity contribution in [2.45, 2.75) is 25.4 Å². The van der Waals surface area contributed by atoms with Gasteiger partial charge in [-0.3, -0.25) is 9.78 Å². The molecule has 1 aliphatic carbocycles. The average Bonchev–Trinajstić information content (AvgIpc) is 3.30. The Morgan fingerprint density at radius 2 is 2.00 bits per heavy atom. The molecule has 2 heterocycles. The van der Waals surface area contributed by atoms with Crippen LogP contribution in [0.2, 0.25) is 0 Å². The summed E-state index contributed by atoms with van der Waals surface area (Å²) in [6, 6.07) is 7.86. The van der Waals surface area contributed by atoms with Gasteiger partial charge in [-0.15, -0.1) is 0 Å². The van der Waals surface area contributed by atoms with Crippen molar-refractivity contribution in [3.63, 3.8) is 0 Å². The lowest BCUT2D eigenvalue weighted by molar-refractivity contribution is 0.0729. The second-order valence-corrected chi connectivity index (χ2v) is 5.70. The fourth-order valence-electron chi connectivity index (χ4n) is 2.11. The standard InChI is InChI=1S/C15H14BrN3O/c16-14-4-1-12(9-18-14)15(20)19(13-2-3-13)10-11-5-7-17-8-6-11/h1,4-9,13H,2-3,10H2. The summed E-state index contributed by atoms with van der Waals surface area (Å²) in [6.07, 6.45) is 7.30. The molecule has 20 heavy (non-hydrogen) atoms. The molecule has 0 spiro atoms. The maximum absolute atomic E-state index is 12.6. The first-order valence-electron chi connectivity index (χ1n) is 6.55. The van der Waals surface area contributed by atoms with E-state index in [4.69, 9.17) is 0 Å². The highest BCUT2D eigenvalue weighted by Gasteiger charge is 2.33. The highest BCUT2D eigenvalue weighted by Crippen LogP contribution is 2.29. The van der Waals surface area contributed by atoms with Crippen LogP contribution in [0, 0.1) is 0 Å². The van der Waals surface area contributed by atoms with Gasteiger partial charge in [0, 0.05) is 31.2 Å². The summed E-state index contributed by atoms with van der Waals surface area (Å²) in [5.74, 6) is 0.0457. The van der Waals surface area contributed by atoms with Gasteiger partial charge < -0.3 is 4.90 Å². The zero-order chi connectivity index (χ0) is 13.9. The van der Waals surface area contributed by atoms with Crippen molar-refractivity contribution in [3.8, 4) is 0 Å². The Morgan fingerprint density at radius 1 is 1.25 bits per heavy atom. The summed E-state index contributed by atoms with van der Waals surface area (Å²) >= 11 is 3.28. The van der Waals surface area contributed by atoms with Crippen LogP contribution >= 0.6 is 15.9 Å². The van der Waals surface area contributed by atoms with E-state index in [0.29, 0.717) is 18.2 Å². The maximum Gasteiger partial charge on any atom is 0.255 e. The zero-order valence-corrected chi connectivity index (χ0v) is 12.5. The molecule has 0 radical (unpaired) electrons. The fourth-order valence-corrected chi connectivity index (χ4v) is 2.34. The molecule has 1 amide bonds. The summed E-state index contributed by atoms with van der Waals surface area (Å²) in [4.78, 5) is 22.7. The molecule has 5 heteroatoms. The van der Waals surface area contributed by atoms with Crippen LogP contribution in [0.1, 0.15) is 28.8 Å². The molecule has 1 fully saturated rings. The topological polar surface area (TPSA) is 46.1 Å². The van der Waals surface area contributed by atoms with Crippen LogP contribution < -0.4 is 0 Å². The Kier molecular flexibility index (Phi) is 3.78. The lowest BCUT2D eigenvalue weighted by Gasteiger charge is -2.22. The van der Waals surface area contributed by atoms with Gasteiger partial charge in [0.25, 0.3) is 5.91 Å². The molecule has 102 valence electrons. The number of halogens is 1. The number of nitrogens with zero attached hydrogens (tertiary/aromatic N) is 3. The number of amides is 1. The van der Waals surface area contributed by atoms with Crippen molar-refractivity contribution in [3.05, 3.63) is 58.6 Å². The lowest BCUT2D eigenvalue weighted by atomic mass is 10.2. The van der Waals surface area contributed by atoms with E-state index in [-0.39, 0.29) is 5.91 Å². The van der Waals surface area contributed by atoms with Gasteiger partial charge in [-0.2, -0.15) is 0 Å². The predicted octanol–water partition coefficient (Wildman–Crippen LogP) is 3.04. The number of carbonyl (C=O) groups excluding carboxylic acids is 1. The van der Waals surface area contributed by atoms with Crippen molar-refractivity contribution >= 4 is 21.8 Å². The van der Waals surface area contributed by atoms with E-state index in [1.807, 2.05) is 17.0 Å². The summed E-state index contributed by atoms with van der Waals surface area (Å²) in [7, 11) is 0. The summed E-state index contributed by atoms with van der Waals surface area (Å²) in [6.45, 7) is 0.627. The van der Waals surface area contributed by atoms with E-state index in [9.17, 15) is 4.79 Å². The molecule has 0 unspecified atom stereocenters. The Balaban J connectivity index is 1.80. The minimum Gasteiger partial charge on any atom is -0.331 e. The van der Waals surface area contributed by atoms with Gasteiger partial charge in [-0.25, -0.2) is 4.98 Å². The van der Waals surface area contributed by atoms with E-state index < -0.39 is 0 Å². The SMILES string of the molecule is O=C(c1ccc(Br)nc1)N(Cc1ccncc1)C1CC1. The molecule has 0 aliphatic heterocycles. The van der Waals surface area contributed by atoms with E-state index in [1.54, 1.807) is 30.7 Å². The fraction of sp³-hybridized carbons (Fsp3) is 0.267. The number of hydrogen-bond donors (Lipinski definition) is 0. The molecule has 1 saturated carbocycles. The Hall–Kier alpha value is -1.75. The first kappa shape index (κ1) is 13.2. The molecule has 2 aromatic rings. The summed E-state index contributed by atoms with van der Waals surface area (Å²) < 4.78 is 0.737. The number of rotatable bonds is 4. The van der Waals surface area contributed by atoms with Crippen molar-refractivity contribution in [1.82, 2.24) is 14.9 Å². The third-order valence-corrected chi connectivity index (χ3v) is 3.79. The maximum atomic E-state index is 12.6. The van der Waals surface area contributed by atoms with Gasteiger partial charge in [-0.1, -0.05) is 0 Å². The van der Waals surface area contributed by atoms with Crippen LogP contribution in [-0.4, -0.2) is 26.8 Å². The smallest absolute Gasteiger partial charge is 0.255 e. The van der Waals surface area contributed by atoms with Crippen molar-refractivity contribution < 1.29 is 4.79 Å². The zero-order valence-electron chi connectivity index (χ0n) is 10.9. The van der Waals surface area contributed by atoms with Gasteiger partial charge in [0.05, 0.1) is 5.56 Å². The van der Waals surface area contributed by atoms with Crippen LogP contribution in [0.3, 0.4) is 0 Å². The molecular formula is C15H14BrN3O. The van der Waals surface area contributed by atoms with Crippen LogP contribution in [0.25, 0.3) is 0 Å². The molecule has 0 bridgehead atoms. The largest absolute Gasteiger partial charge is 0.331 e. The first-order valence-corrected chi connectivity index (χ1v) is 7.35. The molecule has 0 saturated heterocycles. The highest BCUT2D eigenvalue weighted by atomic mass is 79.9. The Bertz CT molecular complexity index is 596. The molecule has 4 nitrogen and oxygen atoms in total. The van der Waals surface area contributed by atoms with Gasteiger partial charge in [0.2, 0.25) is 0 Å². The van der Waals surface area contributed by atoms with E-state index in [2.05, 4.69) is 25.9 Å². The third-order valence-electron chi connectivity index (χ3n) is 3.33. The molecule has 1 aliphatic rings. The minimum atomic E-state index is 0.0457. The van der Waals surface area contributed by atoms with Gasteiger partial charge in [0.1, 0.15) is 4.60 Å². The molecule has 0 N–H and O–H groups in total. The normalized spacial score (nSPS) is 14.1. The molecule has 2 aromatic heterocycles. The van der Waals surface area contributed by atoms with Gasteiger partial charge >= 0.3 is 0 Å². The first-order chi connectivity index (χ1) is 9.74. The molecule has 0 aromatic carbocycles. The Labute approximate surface area is 126 Å². The lowest BCUT2D eigenvalue weighted by Crippen LogP contribution is -2.32. The van der Waals surface area contributed by atoms with Crippen molar-refractivity contribution in [1.29, 1.82) is 0 Å². The summed E-state index contributed by atoms with van der Waals surface area (Å²) in [5.41, 5.74) is 1.74. The van der Waals surface area contributed by atoms with Crippen LogP contribution in [0.4, 0.5) is 0 Å². The third kappa shape index (κ3) is 3.04. The number of carbonyl (C=O) groups is 1. The number of aromatic nitrogens is 2. The second kappa shape index (κ2) is 5.71. The predicted molar refractivity (Wildman–Crippen MR) is 79.1 cm³/mol. The van der Waals surface area contributed by atoms with Gasteiger partial charge in [0.15, 0.2) is 0 Å². The highest BCUT2D eigenvalue weighted by molar-refractivity contribution is 9.10. The van der Waals surface area contributed by atoms with Gasteiger partial charge in [-0.05, 0) is 58.6 Å². The average molecular weight is 332 g/mol. The summed E-state index contributed by atoms with van der Waals surface area (Å²) in [5, 5.41) is 0. The number of pyridine rings is 2.